The number of hydrogen-bond donors (Lipinski definition) is 1. The zero-order chi connectivity index (χ0) is 13.4. The van der Waals surface area contributed by atoms with Crippen molar-refractivity contribution in [3.05, 3.63) is 0 Å². The van der Waals surface area contributed by atoms with Crippen LogP contribution < -0.4 is 5.73 Å². The van der Waals surface area contributed by atoms with Gasteiger partial charge in [-0.25, -0.2) is 0 Å². The smallest absolute Gasteiger partial charge is 0.0473 e. The molecule has 18 heavy (non-hydrogen) atoms. The minimum Gasteiger partial charge on any atom is -0.329 e. The first-order chi connectivity index (χ1) is 8.33. The van der Waals surface area contributed by atoms with Crippen molar-refractivity contribution < 1.29 is 0 Å². The Kier molecular flexibility index (Phi) is 4.33. The second-order valence-electron chi connectivity index (χ2n) is 6.95. The largest absolute Gasteiger partial charge is 0.329 e. The first-order valence-corrected chi connectivity index (χ1v) is 9.14. The molecular formula is C14H28N2S2. The molecule has 2 rings (SSSR count). The average Bonchev–Trinajstić information content (AvgIpc) is 2.27. The minimum absolute atomic E-state index is 0.203. The quantitative estimate of drug-likeness (QED) is 0.846. The molecule has 0 aliphatic carbocycles. The van der Waals surface area contributed by atoms with Gasteiger partial charge in [-0.15, -0.1) is 0 Å². The number of hydrogen-bond acceptors (Lipinski definition) is 4. The molecule has 2 aliphatic rings. The van der Waals surface area contributed by atoms with Crippen LogP contribution in [0.3, 0.4) is 0 Å². The molecule has 2 nitrogen and oxygen atoms in total. The Morgan fingerprint density at radius 3 is 2.44 bits per heavy atom. The summed E-state index contributed by atoms with van der Waals surface area (Å²) in [5, 5.41) is 0. The Balaban J connectivity index is 2.25. The van der Waals surface area contributed by atoms with Crippen LogP contribution in [0.4, 0.5) is 0 Å². The molecule has 0 amide bonds. The Morgan fingerprint density at radius 1 is 1.17 bits per heavy atom. The lowest BCUT2D eigenvalue weighted by Gasteiger charge is -2.58. The van der Waals surface area contributed by atoms with Gasteiger partial charge in [0.2, 0.25) is 0 Å². The summed E-state index contributed by atoms with van der Waals surface area (Å²) < 4.78 is 0.374. The van der Waals surface area contributed by atoms with Crippen molar-refractivity contribution in [1.29, 1.82) is 0 Å². The van der Waals surface area contributed by atoms with E-state index in [0.29, 0.717) is 10.2 Å². The van der Waals surface area contributed by atoms with Crippen molar-refractivity contribution in [3.63, 3.8) is 0 Å². The number of nitrogens with zero attached hydrogens (tertiary/aromatic N) is 1. The summed E-state index contributed by atoms with van der Waals surface area (Å²) in [4.78, 5) is 2.72. The zero-order valence-electron chi connectivity index (χ0n) is 12.3. The Bertz CT molecular complexity index is 304. The molecule has 0 radical (unpaired) electrons. The van der Waals surface area contributed by atoms with E-state index in [9.17, 15) is 0 Å². The van der Waals surface area contributed by atoms with E-state index in [-0.39, 0.29) is 5.54 Å². The number of thioether (sulfide) groups is 2. The molecule has 2 saturated heterocycles. The Morgan fingerprint density at radius 2 is 1.89 bits per heavy atom. The van der Waals surface area contributed by atoms with Crippen LogP contribution in [0.1, 0.15) is 34.1 Å². The molecule has 0 aromatic carbocycles. The molecule has 0 aromatic rings. The molecule has 0 saturated carbocycles. The lowest BCUT2D eigenvalue weighted by Crippen LogP contribution is -2.68. The number of rotatable bonds is 2. The molecule has 2 N–H and O–H groups in total. The van der Waals surface area contributed by atoms with Crippen molar-refractivity contribution >= 4 is 23.5 Å². The predicted molar refractivity (Wildman–Crippen MR) is 85.6 cm³/mol. The molecule has 106 valence electrons. The van der Waals surface area contributed by atoms with Crippen LogP contribution in [-0.2, 0) is 0 Å². The molecule has 2 heterocycles. The van der Waals surface area contributed by atoms with E-state index < -0.39 is 0 Å². The van der Waals surface area contributed by atoms with Gasteiger partial charge in [-0.3, -0.25) is 4.90 Å². The van der Waals surface area contributed by atoms with E-state index in [1.165, 1.54) is 36.8 Å². The van der Waals surface area contributed by atoms with E-state index in [2.05, 4.69) is 56.1 Å². The van der Waals surface area contributed by atoms with Crippen LogP contribution in [0.2, 0.25) is 0 Å². The van der Waals surface area contributed by atoms with Crippen molar-refractivity contribution in [2.24, 2.45) is 11.1 Å². The maximum absolute atomic E-state index is 6.27. The Labute approximate surface area is 121 Å². The van der Waals surface area contributed by atoms with Crippen molar-refractivity contribution in [2.75, 3.05) is 36.9 Å². The van der Waals surface area contributed by atoms with E-state index in [0.717, 1.165) is 6.54 Å². The third kappa shape index (κ3) is 2.58. The summed E-state index contributed by atoms with van der Waals surface area (Å²) in [7, 11) is 0. The Hall–Kier alpha value is 0.620. The molecule has 4 heteroatoms. The van der Waals surface area contributed by atoms with Gasteiger partial charge in [0.15, 0.2) is 0 Å². The first-order valence-electron chi connectivity index (χ1n) is 7.00. The second kappa shape index (κ2) is 5.19. The molecule has 1 unspecified atom stereocenters. The molecule has 0 aromatic heterocycles. The van der Waals surface area contributed by atoms with Gasteiger partial charge in [-0.2, -0.15) is 23.5 Å². The molecule has 0 spiro atoms. The van der Waals surface area contributed by atoms with Gasteiger partial charge in [0.25, 0.3) is 0 Å². The third-order valence-electron chi connectivity index (χ3n) is 4.84. The second-order valence-corrected chi connectivity index (χ2v) is 9.86. The lowest BCUT2D eigenvalue weighted by molar-refractivity contribution is -0.00142. The van der Waals surface area contributed by atoms with Gasteiger partial charge >= 0.3 is 0 Å². The average molecular weight is 289 g/mol. The molecule has 1 atom stereocenters. The van der Waals surface area contributed by atoms with Gasteiger partial charge in [0, 0.05) is 41.4 Å². The van der Waals surface area contributed by atoms with Gasteiger partial charge < -0.3 is 5.73 Å². The van der Waals surface area contributed by atoms with Crippen LogP contribution in [-0.4, -0.2) is 52.1 Å². The third-order valence-corrected chi connectivity index (χ3v) is 7.31. The van der Waals surface area contributed by atoms with Crippen LogP contribution in [0, 0.1) is 5.41 Å². The van der Waals surface area contributed by atoms with Gasteiger partial charge in [-0.05, 0) is 31.4 Å². The topological polar surface area (TPSA) is 29.3 Å². The predicted octanol–water partition coefficient (Wildman–Crippen LogP) is 2.67. The lowest BCUT2D eigenvalue weighted by atomic mass is 9.69. The van der Waals surface area contributed by atoms with Gasteiger partial charge in [0.1, 0.15) is 0 Å². The summed E-state index contributed by atoms with van der Waals surface area (Å²) in [5.74, 6) is 3.74. The van der Waals surface area contributed by atoms with E-state index >= 15 is 0 Å². The highest BCUT2D eigenvalue weighted by Crippen LogP contribution is 2.47. The highest BCUT2D eigenvalue weighted by Gasteiger charge is 2.51. The monoisotopic (exact) mass is 288 g/mol. The highest BCUT2D eigenvalue weighted by atomic mass is 32.2. The van der Waals surface area contributed by atoms with Crippen LogP contribution in [0.15, 0.2) is 0 Å². The minimum atomic E-state index is 0.203. The van der Waals surface area contributed by atoms with Crippen molar-refractivity contribution in [3.8, 4) is 0 Å². The first kappa shape index (κ1) is 15.0. The van der Waals surface area contributed by atoms with Crippen LogP contribution in [0.5, 0.6) is 0 Å². The summed E-state index contributed by atoms with van der Waals surface area (Å²) >= 11 is 4.20. The van der Waals surface area contributed by atoms with E-state index in [1.54, 1.807) is 0 Å². The fraction of sp³-hybridized carbons (Fsp3) is 1.00. The van der Waals surface area contributed by atoms with E-state index in [1.807, 2.05) is 0 Å². The van der Waals surface area contributed by atoms with Gasteiger partial charge in [-0.1, -0.05) is 13.8 Å². The number of nitrogens with two attached hydrogens (primary N) is 1. The highest BCUT2D eigenvalue weighted by molar-refractivity contribution is 8.00. The summed E-state index contributed by atoms with van der Waals surface area (Å²) in [5.41, 5.74) is 6.81. The van der Waals surface area contributed by atoms with Crippen molar-refractivity contribution in [1.82, 2.24) is 4.90 Å². The zero-order valence-corrected chi connectivity index (χ0v) is 13.9. The van der Waals surface area contributed by atoms with E-state index in [4.69, 9.17) is 5.73 Å². The molecule has 0 bridgehead atoms. The molecule has 2 fully saturated rings. The maximum atomic E-state index is 6.27. The summed E-state index contributed by atoms with van der Waals surface area (Å²) in [6.07, 6.45) is 1.29. The van der Waals surface area contributed by atoms with Crippen molar-refractivity contribution in [2.45, 2.75) is 44.4 Å². The van der Waals surface area contributed by atoms with Crippen LogP contribution >= 0.6 is 23.5 Å². The summed E-state index contributed by atoms with van der Waals surface area (Å²) in [6.45, 7) is 12.8. The SMILES string of the molecule is CC1(C)CN(C2(CN)CSCCC2(C)C)CCS1. The summed E-state index contributed by atoms with van der Waals surface area (Å²) in [6, 6.07) is 0. The van der Waals surface area contributed by atoms with Gasteiger partial charge in [0.05, 0.1) is 0 Å². The fourth-order valence-electron chi connectivity index (χ4n) is 3.36. The standard InChI is InChI=1S/C14H28N2S2/c1-12(2)5-7-17-11-14(12,9-15)16-6-8-18-13(3,4)10-16/h5-11,15H2,1-4H3. The van der Waals surface area contributed by atoms with Crippen LogP contribution in [0.25, 0.3) is 0 Å². The normalized spacial score (nSPS) is 36.5. The fourth-order valence-corrected chi connectivity index (χ4v) is 6.30. The maximum Gasteiger partial charge on any atom is 0.0473 e. The molecular weight excluding hydrogens is 260 g/mol. The molecule has 2 aliphatic heterocycles.